The summed E-state index contributed by atoms with van der Waals surface area (Å²) in [5.41, 5.74) is 8.86. The number of ether oxygens (including phenoxy) is 1. The summed E-state index contributed by atoms with van der Waals surface area (Å²) in [7, 11) is 0. The lowest BCUT2D eigenvalue weighted by Gasteiger charge is -2.34. The second-order valence-corrected chi connectivity index (χ2v) is 4.38. The fourth-order valence-electron chi connectivity index (χ4n) is 1.87. The second kappa shape index (κ2) is 4.11. The van der Waals surface area contributed by atoms with Crippen molar-refractivity contribution in [2.75, 3.05) is 0 Å². The third-order valence-corrected chi connectivity index (χ3v) is 3.06. The zero-order valence-electron chi connectivity index (χ0n) is 9.80. The highest BCUT2D eigenvalue weighted by Gasteiger charge is 2.34. The van der Waals surface area contributed by atoms with Crippen molar-refractivity contribution in [3.8, 4) is 5.75 Å². The van der Waals surface area contributed by atoms with Crippen molar-refractivity contribution in [1.29, 1.82) is 0 Å². The summed E-state index contributed by atoms with van der Waals surface area (Å²) in [6.45, 7) is 3.92. The number of azide groups is 1. The minimum Gasteiger partial charge on any atom is -0.486 e. The molecule has 88 valence electrons. The molecule has 0 aliphatic carbocycles. The molecule has 1 atom stereocenters. The number of hydrogen-bond donors (Lipinski definition) is 0. The Bertz CT molecular complexity index is 520. The van der Waals surface area contributed by atoms with E-state index in [1.807, 2.05) is 13.8 Å². The molecular formula is C12H13N3O2. The number of benzene rings is 1. The Morgan fingerprint density at radius 1 is 1.59 bits per heavy atom. The summed E-state index contributed by atoms with van der Waals surface area (Å²) in [6, 6.07) is 4.91. The molecule has 17 heavy (non-hydrogen) atoms. The summed E-state index contributed by atoms with van der Waals surface area (Å²) < 4.78 is 5.82. The van der Waals surface area contributed by atoms with Crippen molar-refractivity contribution < 1.29 is 9.53 Å². The van der Waals surface area contributed by atoms with Gasteiger partial charge < -0.3 is 4.74 Å². The highest BCUT2D eigenvalue weighted by atomic mass is 16.5. The van der Waals surface area contributed by atoms with Crippen molar-refractivity contribution >= 4 is 11.5 Å². The van der Waals surface area contributed by atoms with Gasteiger partial charge in [-0.25, -0.2) is 0 Å². The third-order valence-electron chi connectivity index (χ3n) is 3.06. The zero-order valence-corrected chi connectivity index (χ0v) is 9.80. The maximum absolute atomic E-state index is 12.0. The summed E-state index contributed by atoms with van der Waals surface area (Å²) in [5, 5.41) is 3.48. The highest BCUT2D eigenvalue weighted by Crippen LogP contribution is 2.36. The molecule has 1 aromatic carbocycles. The number of carbonyl (C=O) groups excluding carboxylic acids is 1. The first-order chi connectivity index (χ1) is 8.08. The van der Waals surface area contributed by atoms with Gasteiger partial charge in [0.2, 0.25) is 0 Å². The first-order valence-corrected chi connectivity index (χ1v) is 5.49. The number of ketones is 1. The predicted molar refractivity (Wildman–Crippen MR) is 63.5 cm³/mol. The fourth-order valence-corrected chi connectivity index (χ4v) is 1.87. The maximum atomic E-state index is 12.0. The number of carbonyl (C=O) groups is 1. The Morgan fingerprint density at radius 2 is 2.35 bits per heavy atom. The summed E-state index contributed by atoms with van der Waals surface area (Å²) in [4.78, 5) is 14.7. The molecular weight excluding hydrogens is 218 g/mol. The Labute approximate surface area is 99.0 Å². The van der Waals surface area contributed by atoms with Gasteiger partial charge in [-0.1, -0.05) is 12.0 Å². The van der Waals surface area contributed by atoms with Crippen LogP contribution in [0.15, 0.2) is 23.3 Å². The third kappa shape index (κ3) is 2.10. The minimum absolute atomic E-state index is 0.0330. The Morgan fingerprint density at radius 3 is 3.00 bits per heavy atom. The number of fused-ring (bicyclic) bond motifs is 1. The molecule has 0 radical (unpaired) electrons. The van der Waals surface area contributed by atoms with Crippen LogP contribution in [0.5, 0.6) is 5.75 Å². The van der Waals surface area contributed by atoms with Crippen molar-refractivity contribution in [3.05, 3.63) is 34.2 Å². The second-order valence-electron chi connectivity index (χ2n) is 4.38. The summed E-state index contributed by atoms with van der Waals surface area (Å²) in [6.07, 6.45) is 1.13. The van der Waals surface area contributed by atoms with E-state index in [1.165, 1.54) is 0 Å². The average molecular weight is 231 g/mol. The van der Waals surface area contributed by atoms with Gasteiger partial charge >= 0.3 is 0 Å². The van der Waals surface area contributed by atoms with Crippen LogP contribution in [0.2, 0.25) is 0 Å². The van der Waals surface area contributed by atoms with Crippen molar-refractivity contribution in [1.82, 2.24) is 0 Å². The van der Waals surface area contributed by atoms with Gasteiger partial charge in [-0.05, 0) is 37.1 Å². The van der Waals surface area contributed by atoms with E-state index in [2.05, 4.69) is 10.0 Å². The number of hydrogen-bond acceptors (Lipinski definition) is 3. The van der Waals surface area contributed by atoms with E-state index in [1.54, 1.807) is 18.2 Å². The first-order valence-electron chi connectivity index (χ1n) is 5.49. The van der Waals surface area contributed by atoms with Gasteiger partial charge in [0.1, 0.15) is 11.4 Å². The zero-order chi connectivity index (χ0) is 12.5. The van der Waals surface area contributed by atoms with Gasteiger partial charge in [0.05, 0.1) is 12.0 Å². The largest absolute Gasteiger partial charge is 0.486 e. The molecule has 0 amide bonds. The van der Waals surface area contributed by atoms with Crippen LogP contribution >= 0.6 is 0 Å². The molecule has 5 heteroatoms. The van der Waals surface area contributed by atoms with Gasteiger partial charge in [0.25, 0.3) is 0 Å². The molecule has 0 saturated carbocycles. The van der Waals surface area contributed by atoms with Crippen LogP contribution in [-0.4, -0.2) is 11.4 Å². The molecule has 1 aliphatic heterocycles. The summed E-state index contributed by atoms with van der Waals surface area (Å²) >= 11 is 0. The van der Waals surface area contributed by atoms with Gasteiger partial charge in [-0.15, -0.1) is 0 Å². The normalized spacial score (nSPS) is 22.4. The number of Topliss-reactive ketones (excluding diaryl/α,β-unsaturated/α-hetero) is 1. The highest BCUT2D eigenvalue weighted by molar-refractivity contribution is 6.01. The van der Waals surface area contributed by atoms with Gasteiger partial charge in [0, 0.05) is 10.6 Å². The van der Waals surface area contributed by atoms with E-state index in [-0.39, 0.29) is 5.78 Å². The Balaban J connectivity index is 2.45. The molecule has 0 saturated heterocycles. The van der Waals surface area contributed by atoms with Gasteiger partial charge in [-0.3, -0.25) is 4.79 Å². The number of nitrogens with zero attached hydrogens (tertiary/aromatic N) is 3. The predicted octanol–water partition coefficient (Wildman–Crippen LogP) is 3.76. The minimum atomic E-state index is -0.426. The lowest BCUT2D eigenvalue weighted by atomic mass is 9.89. The number of rotatable bonds is 2. The van der Waals surface area contributed by atoms with E-state index in [0.717, 1.165) is 6.42 Å². The maximum Gasteiger partial charge on any atom is 0.170 e. The SMILES string of the molecule is CCC1(C)CC(=O)c2cc(N=[N+]=[N-])ccc2O1. The van der Waals surface area contributed by atoms with Crippen molar-refractivity contribution in [2.24, 2.45) is 5.11 Å². The van der Waals surface area contributed by atoms with Gasteiger partial charge in [-0.2, -0.15) is 0 Å². The molecule has 0 bridgehead atoms. The Hall–Kier alpha value is -2.00. The molecule has 2 rings (SSSR count). The lowest BCUT2D eigenvalue weighted by molar-refractivity contribution is 0.0499. The van der Waals surface area contributed by atoms with Crippen LogP contribution in [0.25, 0.3) is 10.4 Å². The van der Waals surface area contributed by atoms with Crippen LogP contribution in [0, 0.1) is 0 Å². The van der Waals surface area contributed by atoms with E-state index in [4.69, 9.17) is 10.3 Å². The molecule has 1 heterocycles. The van der Waals surface area contributed by atoms with E-state index in [9.17, 15) is 4.79 Å². The smallest absolute Gasteiger partial charge is 0.170 e. The first kappa shape index (κ1) is 11.5. The van der Waals surface area contributed by atoms with E-state index < -0.39 is 5.60 Å². The van der Waals surface area contributed by atoms with Crippen LogP contribution in [0.1, 0.15) is 37.0 Å². The fraction of sp³-hybridized carbons (Fsp3) is 0.417. The molecule has 1 aromatic rings. The van der Waals surface area contributed by atoms with Crippen LogP contribution in [0.4, 0.5) is 5.69 Å². The topological polar surface area (TPSA) is 75.1 Å². The van der Waals surface area contributed by atoms with Crippen LogP contribution in [0.3, 0.4) is 0 Å². The molecule has 0 aromatic heterocycles. The van der Waals surface area contributed by atoms with E-state index in [0.29, 0.717) is 23.4 Å². The average Bonchev–Trinajstić information content (AvgIpc) is 2.30. The van der Waals surface area contributed by atoms with Crippen molar-refractivity contribution in [2.45, 2.75) is 32.3 Å². The summed E-state index contributed by atoms with van der Waals surface area (Å²) in [5.74, 6) is 0.605. The van der Waals surface area contributed by atoms with Gasteiger partial charge in [0.15, 0.2) is 5.78 Å². The molecule has 5 nitrogen and oxygen atoms in total. The van der Waals surface area contributed by atoms with E-state index >= 15 is 0 Å². The molecule has 0 fully saturated rings. The molecule has 1 unspecified atom stereocenters. The quantitative estimate of drug-likeness (QED) is 0.441. The van der Waals surface area contributed by atoms with Crippen molar-refractivity contribution in [3.63, 3.8) is 0 Å². The molecule has 0 spiro atoms. The Kier molecular flexibility index (Phi) is 2.77. The molecule has 1 aliphatic rings. The molecule has 0 N–H and O–H groups in total. The standard InChI is InChI=1S/C12H13N3O2/c1-3-12(2)7-10(16)9-6-8(14-15-13)4-5-11(9)17-12/h4-6H,3,7H2,1-2H3. The van der Waals surface area contributed by atoms with Crippen LogP contribution in [-0.2, 0) is 0 Å². The lowest BCUT2D eigenvalue weighted by Crippen LogP contribution is -2.38. The van der Waals surface area contributed by atoms with Crippen LogP contribution < -0.4 is 4.74 Å². The monoisotopic (exact) mass is 231 g/mol.